The number of aromatic nitrogens is 1. The number of amides is 1. The number of carboxylic acid groups (broad SMARTS) is 1. The van der Waals surface area contributed by atoms with Gasteiger partial charge in [0.15, 0.2) is 0 Å². The van der Waals surface area contributed by atoms with Crippen molar-refractivity contribution in [2.45, 2.75) is 46.6 Å². The van der Waals surface area contributed by atoms with Gasteiger partial charge in [-0.15, -0.1) is 0 Å². The molecule has 8 heteroatoms. The minimum absolute atomic E-state index is 0.0386. The number of hydrogen-bond acceptors (Lipinski definition) is 4. The van der Waals surface area contributed by atoms with Crippen molar-refractivity contribution in [3.63, 3.8) is 0 Å². The molecule has 34 heavy (non-hydrogen) atoms. The van der Waals surface area contributed by atoms with Crippen molar-refractivity contribution >= 4 is 28.5 Å². The zero-order chi connectivity index (χ0) is 24.9. The standard InChI is InChI=1S/C26H28FN3O4/c1-13-21(14-5-8-16(20(28)9-14)24(32)29-12-26(2,3)4)19(27)10-17-22(13)30(15-6-7-15)11-18(23(17)31)25(33)34/h5,8-11,15H,6-7,12,28H2,1-4H3,(H,29,32)(H,33,34). The number of benzene rings is 2. The molecule has 0 spiro atoms. The quantitative estimate of drug-likeness (QED) is 0.480. The van der Waals surface area contributed by atoms with Gasteiger partial charge in [-0.1, -0.05) is 26.8 Å². The number of fused-ring (bicyclic) bond motifs is 1. The smallest absolute Gasteiger partial charge is 0.341 e. The summed E-state index contributed by atoms with van der Waals surface area (Å²) in [5, 5.41) is 12.3. The van der Waals surface area contributed by atoms with Gasteiger partial charge in [-0.2, -0.15) is 0 Å². The average Bonchev–Trinajstić information content (AvgIpc) is 3.57. The number of anilines is 1. The van der Waals surface area contributed by atoms with Gasteiger partial charge in [-0.25, -0.2) is 9.18 Å². The minimum Gasteiger partial charge on any atom is -0.477 e. The highest BCUT2D eigenvalue weighted by Crippen LogP contribution is 2.40. The molecule has 0 atom stereocenters. The second-order valence-electron chi connectivity index (χ2n) is 10.1. The fraction of sp³-hybridized carbons (Fsp3) is 0.346. The first-order chi connectivity index (χ1) is 15.9. The predicted octanol–water partition coefficient (Wildman–Crippen LogP) is 4.51. The van der Waals surface area contributed by atoms with E-state index < -0.39 is 17.2 Å². The summed E-state index contributed by atoms with van der Waals surface area (Å²) < 4.78 is 17.1. The van der Waals surface area contributed by atoms with Crippen LogP contribution in [-0.4, -0.2) is 28.1 Å². The summed E-state index contributed by atoms with van der Waals surface area (Å²) in [6.45, 7) is 8.20. The Morgan fingerprint density at radius 1 is 1.21 bits per heavy atom. The van der Waals surface area contributed by atoms with E-state index in [-0.39, 0.29) is 39.6 Å². The molecule has 3 aromatic rings. The van der Waals surface area contributed by atoms with Gasteiger partial charge >= 0.3 is 5.97 Å². The van der Waals surface area contributed by atoms with E-state index in [2.05, 4.69) is 5.32 Å². The molecule has 7 nitrogen and oxygen atoms in total. The van der Waals surface area contributed by atoms with Crippen LogP contribution < -0.4 is 16.5 Å². The van der Waals surface area contributed by atoms with E-state index >= 15 is 4.39 Å². The Balaban J connectivity index is 1.84. The Morgan fingerprint density at radius 3 is 2.44 bits per heavy atom. The second-order valence-corrected chi connectivity index (χ2v) is 10.1. The molecule has 1 aliphatic rings. The summed E-state index contributed by atoms with van der Waals surface area (Å²) in [5.41, 5.74) is 7.27. The van der Waals surface area contributed by atoms with E-state index in [0.29, 0.717) is 28.8 Å². The number of rotatable bonds is 5. The predicted molar refractivity (Wildman–Crippen MR) is 130 cm³/mol. The molecular formula is C26H28FN3O4. The van der Waals surface area contributed by atoms with E-state index in [4.69, 9.17) is 5.73 Å². The molecule has 0 aliphatic heterocycles. The maximum Gasteiger partial charge on any atom is 0.341 e. The van der Waals surface area contributed by atoms with Gasteiger partial charge in [0.25, 0.3) is 5.91 Å². The number of nitrogen functional groups attached to an aromatic ring is 1. The molecule has 2 aromatic carbocycles. The first-order valence-electron chi connectivity index (χ1n) is 11.2. The van der Waals surface area contributed by atoms with E-state index in [1.807, 2.05) is 20.8 Å². The highest BCUT2D eigenvalue weighted by Gasteiger charge is 2.29. The van der Waals surface area contributed by atoms with Crippen molar-refractivity contribution in [3.05, 3.63) is 63.2 Å². The minimum atomic E-state index is -1.34. The van der Waals surface area contributed by atoms with Crippen LogP contribution in [-0.2, 0) is 0 Å². The zero-order valence-electron chi connectivity index (χ0n) is 19.7. The van der Waals surface area contributed by atoms with Crippen LogP contribution in [0.25, 0.3) is 22.0 Å². The van der Waals surface area contributed by atoms with Crippen LogP contribution in [0.5, 0.6) is 0 Å². The number of pyridine rings is 1. The molecule has 1 aliphatic carbocycles. The fourth-order valence-corrected chi connectivity index (χ4v) is 4.19. The molecule has 1 amide bonds. The third-order valence-corrected chi connectivity index (χ3v) is 6.05. The zero-order valence-corrected chi connectivity index (χ0v) is 19.7. The largest absolute Gasteiger partial charge is 0.477 e. The molecule has 178 valence electrons. The molecule has 0 bridgehead atoms. The molecule has 1 saturated carbocycles. The lowest BCUT2D eigenvalue weighted by Gasteiger charge is -2.20. The lowest BCUT2D eigenvalue weighted by molar-refractivity contribution is 0.0694. The lowest BCUT2D eigenvalue weighted by Crippen LogP contribution is -2.32. The summed E-state index contributed by atoms with van der Waals surface area (Å²) in [6, 6.07) is 5.91. The first kappa shape index (κ1) is 23.5. The SMILES string of the molecule is Cc1c(-c2ccc(C(=O)NCC(C)(C)C)c(N)c2)c(F)cc2c(=O)c(C(=O)O)cn(C3CC3)c12. The van der Waals surface area contributed by atoms with Crippen molar-refractivity contribution in [2.24, 2.45) is 5.41 Å². The summed E-state index contributed by atoms with van der Waals surface area (Å²) >= 11 is 0. The third-order valence-electron chi connectivity index (χ3n) is 6.05. The third kappa shape index (κ3) is 4.27. The number of nitrogens with two attached hydrogens (primary N) is 1. The number of hydrogen-bond donors (Lipinski definition) is 3. The summed E-state index contributed by atoms with van der Waals surface area (Å²) in [6.07, 6.45) is 3.07. The number of aromatic carboxylic acids is 1. The normalized spacial score (nSPS) is 13.8. The molecule has 0 radical (unpaired) electrons. The van der Waals surface area contributed by atoms with Crippen LogP contribution in [0, 0.1) is 18.2 Å². The second kappa shape index (κ2) is 8.27. The van der Waals surface area contributed by atoms with Gasteiger partial charge in [0.2, 0.25) is 5.43 Å². The van der Waals surface area contributed by atoms with Gasteiger partial charge < -0.3 is 20.7 Å². The molecule has 0 saturated heterocycles. The van der Waals surface area contributed by atoms with Crippen molar-refractivity contribution in [2.75, 3.05) is 12.3 Å². The van der Waals surface area contributed by atoms with Crippen LogP contribution in [0.3, 0.4) is 0 Å². The number of carbonyl (C=O) groups is 2. The molecule has 1 heterocycles. The highest BCUT2D eigenvalue weighted by atomic mass is 19.1. The molecule has 1 aromatic heterocycles. The first-order valence-corrected chi connectivity index (χ1v) is 11.2. The van der Waals surface area contributed by atoms with E-state index in [1.54, 1.807) is 29.7 Å². The number of aryl methyl sites for hydroxylation is 1. The maximum absolute atomic E-state index is 15.4. The molecule has 4 rings (SSSR count). The van der Waals surface area contributed by atoms with Crippen molar-refractivity contribution in [3.8, 4) is 11.1 Å². The van der Waals surface area contributed by atoms with E-state index in [9.17, 15) is 19.5 Å². The number of nitrogens with one attached hydrogen (secondary N) is 1. The van der Waals surface area contributed by atoms with Gasteiger partial charge in [0.05, 0.1) is 11.1 Å². The Kier molecular flexibility index (Phi) is 5.71. The number of carboxylic acids is 1. The maximum atomic E-state index is 15.4. The Labute approximate surface area is 196 Å². The molecule has 4 N–H and O–H groups in total. The monoisotopic (exact) mass is 465 g/mol. The van der Waals surface area contributed by atoms with Crippen molar-refractivity contribution in [1.29, 1.82) is 0 Å². The highest BCUT2D eigenvalue weighted by molar-refractivity contribution is 6.01. The van der Waals surface area contributed by atoms with Crippen LogP contribution in [0.15, 0.2) is 35.3 Å². The summed E-state index contributed by atoms with van der Waals surface area (Å²) in [4.78, 5) is 37.0. The van der Waals surface area contributed by atoms with Gasteiger partial charge in [0.1, 0.15) is 11.4 Å². The molecule has 0 unspecified atom stereocenters. The summed E-state index contributed by atoms with van der Waals surface area (Å²) in [5.74, 6) is -2.30. The van der Waals surface area contributed by atoms with E-state index in [1.165, 1.54) is 6.20 Å². The topological polar surface area (TPSA) is 114 Å². The van der Waals surface area contributed by atoms with Gasteiger partial charge in [-0.3, -0.25) is 9.59 Å². The number of halogens is 1. The average molecular weight is 466 g/mol. The van der Waals surface area contributed by atoms with Crippen molar-refractivity contribution < 1.29 is 19.1 Å². The van der Waals surface area contributed by atoms with Gasteiger partial charge in [-0.05, 0) is 54.5 Å². The van der Waals surface area contributed by atoms with Crippen LogP contribution in [0.4, 0.5) is 10.1 Å². The molecule has 1 fully saturated rings. The van der Waals surface area contributed by atoms with Crippen LogP contribution in [0.2, 0.25) is 0 Å². The van der Waals surface area contributed by atoms with Crippen molar-refractivity contribution in [1.82, 2.24) is 9.88 Å². The Bertz CT molecular complexity index is 1400. The summed E-state index contributed by atoms with van der Waals surface area (Å²) in [7, 11) is 0. The lowest BCUT2D eigenvalue weighted by atomic mass is 9.94. The number of carbonyl (C=O) groups excluding carboxylic acids is 1. The number of nitrogens with zero attached hydrogens (tertiary/aromatic N) is 1. The Morgan fingerprint density at radius 2 is 1.88 bits per heavy atom. The Hall–Kier alpha value is -3.68. The van der Waals surface area contributed by atoms with Gasteiger partial charge in [0, 0.05) is 35.4 Å². The van der Waals surface area contributed by atoms with E-state index in [0.717, 1.165) is 18.9 Å². The fourth-order valence-electron chi connectivity index (χ4n) is 4.19. The molecular weight excluding hydrogens is 437 g/mol. The van der Waals surface area contributed by atoms with Crippen LogP contribution >= 0.6 is 0 Å². The van der Waals surface area contributed by atoms with Crippen LogP contribution in [0.1, 0.15) is 65.9 Å².